The second-order valence-corrected chi connectivity index (χ2v) is 5.11. The van der Waals surface area contributed by atoms with Gasteiger partial charge >= 0.3 is 0 Å². The molecule has 21 heavy (non-hydrogen) atoms. The van der Waals surface area contributed by atoms with Crippen molar-refractivity contribution in [2.45, 2.75) is 38.3 Å². The Hall–Kier alpha value is -1.72. The fourth-order valence-electron chi connectivity index (χ4n) is 2.54. The Balaban J connectivity index is 2.22. The summed E-state index contributed by atoms with van der Waals surface area (Å²) < 4.78 is 11.0. The molecule has 0 aliphatic carbocycles. The van der Waals surface area contributed by atoms with Crippen LogP contribution in [0.15, 0.2) is 34.9 Å². The highest BCUT2D eigenvalue weighted by Gasteiger charge is 2.25. The molecule has 0 saturated carbocycles. The molecular formula is C16H23N3O2. The topological polar surface area (TPSA) is 60.2 Å². The van der Waals surface area contributed by atoms with Gasteiger partial charge in [0.2, 0.25) is 11.7 Å². The highest BCUT2D eigenvalue weighted by Crippen LogP contribution is 2.26. The van der Waals surface area contributed by atoms with Gasteiger partial charge in [-0.1, -0.05) is 49.3 Å². The normalized spacial score (nSPS) is 15.6. The van der Waals surface area contributed by atoms with E-state index in [1.54, 1.807) is 7.11 Å². The molecule has 3 unspecified atom stereocenters. The lowest BCUT2D eigenvalue weighted by molar-refractivity contribution is 0.126. The molecule has 0 aliphatic heterocycles. The third-order valence-corrected chi connectivity index (χ3v) is 3.83. The lowest BCUT2D eigenvalue weighted by Crippen LogP contribution is -2.30. The quantitative estimate of drug-likeness (QED) is 0.849. The standard InChI is InChI=1S/C16H23N3O2/c1-5-13(17-3)11(2)16-18-15(19-21-16)14(20-4)12-9-7-6-8-10-12/h6-11,13-14,17H,5H2,1-4H3. The Morgan fingerprint density at radius 3 is 2.57 bits per heavy atom. The first-order chi connectivity index (χ1) is 10.2. The molecular weight excluding hydrogens is 266 g/mol. The van der Waals surface area contributed by atoms with Crippen LogP contribution in [0.3, 0.4) is 0 Å². The number of likely N-dealkylation sites (N-methyl/N-ethyl adjacent to an activating group) is 1. The minimum absolute atomic E-state index is 0.162. The summed E-state index contributed by atoms with van der Waals surface area (Å²) in [4.78, 5) is 4.53. The van der Waals surface area contributed by atoms with Gasteiger partial charge in [-0.15, -0.1) is 0 Å². The van der Waals surface area contributed by atoms with Crippen molar-refractivity contribution in [1.82, 2.24) is 15.5 Å². The zero-order valence-electron chi connectivity index (χ0n) is 13.0. The van der Waals surface area contributed by atoms with E-state index in [-0.39, 0.29) is 12.0 Å². The summed E-state index contributed by atoms with van der Waals surface area (Å²) in [5, 5.41) is 7.37. The van der Waals surface area contributed by atoms with E-state index in [4.69, 9.17) is 9.26 Å². The van der Waals surface area contributed by atoms with Gasteiger partial charge in [0.25, 0.3) is 0 Å². The Labute approximate surface area is 125 Å². The summed E-state index contributed by atoms with van der Waals surface area (Å²) >= 11 is 0. The van der Waals surface area contributed by atoms with Crippen molar-refractivity contribution >= 4 is 0 Å². The first kappa shape index (κ1) is 15.7. The molecule has 0 spiro atoms. The van der Waals surface area contributed by atoms with Crippen LogP contribution in [0.25, 0.3) is 0 Å². The summed E-state index contributed by atoms with van der Waals surface area (Å²) in [6.45, 7) is 4.23. The number of ether oxygens (including phenoxy) is 1. The Morgan fingerprint density at radius 1 is 1.29 bits per heavy atom. The summed E-state index contributed by atoms with van der Waals surface area (Å²) in [5.74, 6) is 1.37. The van der Waals surface area contributed by atoms with E-state index >= 15 is 0 Å². The molecule has 0 radical (unpaired) electrons. The number of hydrogen-bond acceptors (Lipinski definition) is 5. The highest BCUT2D eigenvalue weighted by atomic mass is 16.5. The van der Waals surface area contributed by atoms with Gasteiger partial charge in [0.05, 0.1) is 5.92 Å². The predicted molar refractivity (Wildman–Crippen MR) is 81.1 cm³/mol. The molecule has 0 amide bonds. The summed E-state index contributed by atoms with van der Waals surface area (Å²) in [7, 11) is 3.60. The fraction of sp³-hybridized carbons (Fsp3) is 0.500. The van der Waals surface area contributed by atoms with E-state index in [1.807, 2.05) is 37.4 Å². The summed E-state index contributed by atoms with van der Waals surface area (Å²) in [5.41, 5.74) is 1.01. The largest absolute Gasteiger partial charge is 0.369 e. The molecule has 1 heterocycles. The van der Waals surface area contributed by atoms with Gasteiger partial charge in [-0.25, -0.2) is 0 Å². The van der Waals surface area contributed by atoms with E-state index in [0.717, 1.165) is 12.0 Å². The van der Waals surface area contributed by atoms with Crippen LogP contribution in [0.2, 0.25) is 0 Å². The zero-order chi connectivity index (χ0) is 15.2. The van der Waals surface area contributed by atoms with E-state index < -0.39 is 0 Å². The number of rotatable bonds is 7. The van der Waals surface area contributed by atoms with Crippen molar-refractivity contribution in [2.75, 3.05) is 14.2 Å². The van der Waals surface area contributed by atoms with Gasteiger partial charge in [0.15, 0.2) is 0 Å². The van der Waals surface area contributed by atoms with Crippen LogP contribution >= 0.6 is 0 Å². The summed E-state index contributed by atoms with van der Waals surface area (Å²) in [6, 6.07) is 10.2. The second-order valence-electron chi connectivity index (χ2n) is 5.11. The van der Waals surface area contributed by atoms with Crippen molar-refractivity contribution in [1.29, 1.82) is 0 Å². The fourth-order valence-corrected chi connectivity index (χ4v) is 2.54. The van der Waals surface area contributed by atoms with Crippen molar-refractivity contribution in [3.8, 4) is 0 Å². The number of nitrogens with zero attached hydrogens (tertiary/aromatic N) is 2. The molecule has 1 N–H and O–H groups in total. The molecule has 2 aromatic rings. The molecule has 2 rings (SSSR count). The molecule has 114 valence electrons. The van der Waals surface area contributed by atoms with Gasteiger partial charge in [0.1, 0.15) is 6.10 Å². The molecule has 0 saturated heterocycles. The average molecular weight is 289 g/mol. The van der Waals surface area contributed by atoms with Gasteiger partial charge in [0, 0.05) is 13.2 Å². The van der Waals surface area contributed by atoms with Crippen molar-refractivity contribution < 1.29 is 9.26 Å². The first-order valence-corrected chi connectivity index (χ1v) is 7.29. The number of benzene rings is 1. The zero-order valence-corrected chi connectivity index (χ0v) is 13.0. The minimum atomic E-state index is -0.300. The van der Waals surface area contributed by atoms with Crippen LogP contribution < -0.4 is 5.32 Å². The maximum absolute atomic E-state index is 5.53. The van der Waals surface area contributed by atoms with Crippen molar-refractivity contribution in [3.63, 3.8) is 0 Å². The van der Waals surface area contributed by atoms with Gasteiger partial charge in [-0.3, -0.25) is 0 Å². The smallest absolute Gasteiger partial charge is 0.231 e. The predicted octanol–water partition coefficient (Wildman–Crippen LogP) is 2.91. The van der Waals surface area contributed by atoms with E-state index in [2.05, 4.69) is 29.3 Å². The first-order valence-electron chi connectivity index (χ1n) is 7.29. The molecule has 3 atom stereocenters. The lowest BCUT2D eigenvalue weighted by Gasteiger charge is -2.18. The van der Waals surface area contributed by atoms with E-state index in [0.29, 0.717) is 17.8 Å². The highest BCUT2D eigenvalue weighted by molar-refractivity contribution is 5.22. The maximum Gasteiger partial charge on any atom is 0.231 e. The number of methoxy groups -OCH3 is 1. The van der Waals surface area contributed by atoms with E-state index in [1.165, 1.54) is 0 Å². The number of hydrogen-bond donors (Lipinski definition) is 1. The van der Waals surface area contributed by atoms with Crippen LogP contribution in [0.5, 0.6) is 0 Å². The SMILES string of the molecule is CCC(NC)C(C)c1nc(C(OC)c2ccccc2)no1. The van der Waals surface area contributed by atoms with Crippen molar-refractivity contribution in [3.05, 3.63) is 47.6 Å². The Morgan fingerprint density at radius 2 is 2.00 bits per heavy atom. The maximum atomic E-state index is 5.53. The Bertz CT molecular complexity index is 537. The van der Waals surface area contributed by atoms with Gasteiger partial charge in [-0.2, -0.15) is 4.98 Å². The monoisotopic (exact) mass is 289 g/mol. The minimum Gasteiger partial charge on any atom is -0.369 e. The van der Waals surface area contributed by atoms with Crippen LogP contribution in [-0.4, -0.2) is 30.3 Å². The molecule has 5 heteroatoms. The molecule has 0 fully saturated rings. The Kier molecular flexibility index (Phi) is 5.47. The molecule has 0 bridgehead atoms. The molecule has 5 nitrogen and oxygen atoms in total. The molecule has 1 aromatic heterocycles. The van der Waals surface area contributed by atoms with Crippen LogP contribution in [0, 0.1) is 0 Å². The third-order valence-electron chi connectivity index (χ3n) is 3.83. The second kappa shape index (κ2) is 7.33. The van der Waals surface area contributed by atoms with Crippen LogP contribution in [0.4, 0.5) is 0 Å². The number of aromatic nitrogens is 2. The number of nitrogens with one attached hydrogen (secondary N) is 1. The van der Waals surface area contributed by atoms with Gasteiger partial charge < -0.3 is 14.6 Å². The van der Waals surface area contributed by atoms with E-state index in [9.17, 15) is 0 Å². The van der Waals surface area contributed by atoms with Crippen LogP contribution in [-0.2, 0) is 4.74 Å². The third kappa shape index (κ3) is 3.49. The lowest BCUT2D eigenvalue weighted by atomic mass is 10.00. The van der Waals surface area contributed by atoms with Crippen molar-refractivity contribution in [2.24, 2.45) is 0 Å². The van der Waals surface area contributed by atoms with Gasteiger partial charge in [-0.05, 0) is 19.0 Å². The molecule has 1 aromatic carbocycles. The summed E-state index contributed by atoms with van der Waals surface area (Å²) in [6.07, 6.45) is 0.701. The molecule has 0 aliphatic rings. The average Bonchev–Trinajstić information content (AvgIpc) is 3.00. The van der Waals surface area contributed by atoms with Crippen LogP contribution in [0.1, 0.15) is 49.6 Å².